The number of fused-ring (bicyclic) bond motifs is 1. The second kappa shape index (κ2) is 4.42. The first-order valence-electron chi connectivity index (χ1n) is 5.90. The molecular weight excluding hydrogens is 266 g/mol. The third-order valence-corrected chi connectivity index (χ3v) is 3.11. The number of carbonyl (C=O) groups excluding carboxylic acids is 2. The molecule has 5 nitrogen and oxygen atoms in total. The van der Waals surface area contributed by atoms with E-state index < -0.39 is 5.54 Å². The molecule has 0 bridgehead atoms. The van der Waals surface area contributed by atoms with Gasteiger partial charge in [0.15, 0.2) is 0 Å². The number of hydrogen-bond acceptors (Lipinski definition) is 2. The van der Waals surface area contributed by atoms with Gasteiger partial charge in [0.1, 0.15) is 0 Å². The molecule has 6 heteroatoms. The lowest BCUT2D eigenvalue weighted by atomic mass is 10.1. The highest BCUT2D eigenvalue weighted by Crippen LogP contribution is 2.29. The van der Waals surface area contributed by atoms with Crippen LogP contribution in [0.5, 0.6) is 0 Å². The van der Waals surface area contributed by atoms with Crippen molar-refractivity contribution in [1.82, 2.24) is 10.0 Å². The van der Waals surface area contributed by atoms with Crippen LogP contribution in [0.2, 0.25) is 5.02 Å². The molecule has 0 fully saturated rings. The zero-order valence-corrected chi connectivity index (χ0v) is 12.1. The van der Waals surface area contributed by atoms with Gasteiger partial charge < -0.3 is 5.32 Å². The van der Waals surface area contributed by atoms with E-state index in [0.717, 1.165) is 0 Å². The van der Waals surface area contributed by atoms with E-state index in [2.05, 4.69) is 5.32 Å². The zero-order valence-electron chi connectivity index (χ0n) is 11.3. The van der Waals surface area contributed by atoms with E-state index in [4.69, 9.17) is 11.6 Å². The summed E-state index contributed by atoms with van der Waals surface area (Å²) in [6, 6.07) is 4.48. The van der Waals surface area contributed by atoms with Crippen LogP contribution in [0.25, 0.3) is 0 Å². The summed E-state index contributed by atoms with van der Waals surface area (Å²) in [5.41, 5.74) is 0.339. The van der Waals surface area contributed by atoms with Crippen LogP contribution in [-0.2, 0) is 0 Å². The van der Waals surface area contributed by atoms with E-state index in [9.17, 15) is 9.59 Å². The molecule has 0 unspecified atom stereocenters. The van der Waals surface area contributed by atoms with E-state index >= 15 is 0 Å². The number of urea groups is 1. The van der Waals surface area contributed by atoms with Crippen LogP contribution in [0.15, 0.2) is 18.2 Å². The topological polar surface area (TPSA) is 52.7 Å². The van der Waals surface area contributed by atoms with Gasteiger partial charge in [-0.3, -0.25) is 4.79 Å². The molecule has 1 aliphatic rings. The number of anilines is 1. The van der Waals surface area contributed by atoms with Crippen LogP contribution in [0.1, 0.15) is 31.1 Å². The monoisotopic (exact) mass is 281 g/mol. The molecule has 0 saturated heterocycles. The van der Waals surface area contributed by atoms with Crippen LogP contribution >= 0.6 is 11.6 Å². The number of carbonyl (C=O) groups is 2. The van der Waals surface area contributed by atoms with Gasteiger partial charge in [0.2, 0.25) is 0 Å². The summed E-state index contributed by atoms with van der Waals surface area (Å²) < 4.78 is 0. The summed E-state index contributed by atoms with van der Waals surface area (Å²) in [6.07, 6.45) is 0. The Morgan fingerprint density at radius 1 is 1.21 bits per heavy atom. The average molecular weight is 282 g/mol. The highest BCUT2D eigenvalue weighted by atomic mass is 35.5. The van der Waals surface area contributed by atoms with Crippen LogP contribution in [-0.4, -0.2) is 34.5 Å². The smallest absolute Gasteiger partial charge is 0.306 e. The molecular formula is C13H16ClN3O2. The maximum atomic E-state index is 12.6. The fourth-order valence-corrected chi connectivity index (χ4v) is 2.27. The van der Waals surface area contributed by atoms with Crippen molar-refractivity contribution in [1.29, 1.82) is 0 Å². The highest BCUT2D eigenvalue weighted by Gasteiger charge is 2.37. The molecule has 0 atom stereocenters. The van der Waals surface area contributed by atoms with Gasteiger partial charge in [-0.1, -0.05) is 11.6 Å². The van der Waals surface area contributed by atoms with Gasteiger partial charge in [0.25, 0.3) is 5.91 Å². The molecule has 0 aliphatic carbocycles. The van der Waals surface area contributed by atoms with Gasteiger partial charge in [-0.15, -0.1) is 0 Å². The number of halogens is 1. The van der Waals surface area contributed by atoms with Gasteiger partial charge in [-0.05, 0) is 39.0 Å². The van der Waals surface area contributed by atoms with Crippen molar-refractivity contribution in [2.75, 3.05) is 12.4 Å². The quantitative estimate of drug-likeness (QED) is 0.795. The van der Waals surface area contributed by atoms with Crippen molar-refractivity contribution < 1.29 is 9.59 Å². The van der Waals surface area contributed by atoms with Crippen molar-refractivity contribution in [3.05, 3.63) is 28.8 Å². The summed E-state index contributed by atoms with van der Waals surface area (Å²) in [4.78, 5) is 24.7. The third-order valence-electron chi connectivity index (χ3n) is 2.88. The zero-order chi connectivity index (χ0) is 14.4. The van der Waals surface area contributed by atoms with E-state index in [0.29, 0.717) is 16.3 Å². The van der Waals surface area contributed by atoms with E-state index in [1.54, 1.807) is 25.2 Å². The van der Waals surface area contributed by atoms with Crippen molar-refractivity contribution >= 4 is 29.2 Å². The lowest BCUT2D eigenvalue weighted by Gasteiger charge is -2.39. The Balaban J connectivity index is 2.60. The normalized spacial score (nSPS) is 16.1. The van der Waals surface area contributed by atoms with Gasteiger partial charge >= 0.3 is 6.03 Å². The second-order valence-electron chi connectivity index (χ2n) is 5.43. The summed E-state index contributed by atoms with van der Waals surface area (Å²) in [5.74, 6) is -0.258. The number of rotatable bonds is 0. The number of nitrogens with one attached hydrogen (secondary N) is 1. The Hall–Kier alpha value is -1.75. The van der Waals surface area contributed by atoms with Crippen molar-refractivity contribution in [3.8, 4) is 0 Å². The Kier molecular flexibility index (Phi) is 3.18. The minimum absolute atomic E-state index is 0.258. The molecule has 3 amide bonds. The number of nitrogens with zero attached hydrogens (tertiary/aromatic N) is 2. The predicted octanol–water partition coefficient (Wildman–Crippen LogP) is 2.97. The number of hydrogen-bond donors (Lipinski definition) is 1. The molecule has 0 saturated carbocycles. The standard InChI is InChI=1S/C13H16ClN3O2/c1-13(2,3)17-11(18)9-7-8(14)5-6-10(9)15-12(19)16(17)4/h5-7H,1-4H3,(H,15,19). The SMILES string of the molecule is CN1C(=O)Nc2ccc(Cl)cc2C(=O)N1C(C)(C)C. The second-order valence-corrected chi connectivity index (χ2v) is 5.87. The van der Waals surface area contributed by atoms with Gasteiger partial charge in [-0.25, -0.2) is 14.8 Å². The molecule has 1 heterocycles. The number of benzene rings is 1. The van der Waals surface area contributed by atoms with Crippen LogP contribution in [0, 0.1) is 0 Å². The van der Waals surface area contributed by atoms with E-state index in [1.807, 2.05) is 20.8 Å². The summed E-state index contributed by atoms with van der Waals surface area (Å²) >= 11 is 5.93. The van der Waals surface area contributed by atoms with Crippen LogP contribution in [0.4, 0.5) is 10.5 Å². The average Bonchev–Trinajstić information content (AvgIpc) is 2.37. The lowest BCUT2D eigenvalue weighted by molar-refractivity contribution is -0.0150. The van der Waals surface area contributed by atoms with Crippen LogP contribution in [0.3, 0.4) is 0 Å². The molecule has 1 N–H and O–H groups in total. The van der Waals surface area contributed by atoms with Crippen molar-refractivity contribution in [2.45, 2.75) is 26.3 Å². The molecule has 0 aromatic heterocycles. The molecule has 0 radical (unpaired) electrons. The first-order chi connectivity index (χ1) is 8.71. The van der Waals surface area contributed by atoms with Crippen molar-refractivity contribution in [3.63, 3.8) is 0 Å². The van der Waals surface area contributed by atoms with Gasteiger partial charge in [0.05, 0.1) is 16.8 Å². The number of amides is 3. The van der Waals surface area contributed by atoms with E-state index in [1.165, 1.54) is 10.0 Å². The minimum atomic E-state index is -0.521. The Bertz CT molecular complexity index is 551. The Morgan fingerprint density at radius 2 is 1.84 bits per heavy atom. The lowest BCUT2D eigenvalue weighted by Crippen LogP contribution is -2.56. The summed E-state index contributed by atoms with van der Waals surface area (Å²) in [5, 5.41) is 5.86. The Morgan fingerprint density at radius 3 is 2.42 bits per heavy atom. The summed E-state index contributed by atoms with van der Waals surface area (Å²) in [7, 11) is 1.56. The first kappa shape index (κ1) is 13.7. The maximum Gasteiger partial charge on any atom is 0.340 e. The molecule has 1 aromatic rings. The molecule has 2 rings (SSSR count). The largest absolute Gasteiger partial charge is 0.340 e. The van der Waals surface area contributed by atoms with Gasteiger partial charge in [0, 0.05) is 12.1 Å². The summed E-state index contributed by atoms with van der Waals surface area (Å²) in [6.45, 7) is 5.60. The first-order valence-corrected chi connectivity index (χ1v) is 6.28. The molecule has 1 aromatic carbocycles. The number of hydrazine groups is 1. The molecule has 0 spiro atoms. The van der Waals surface area contributed by atoms with Crippen molar-refractivity contribution in [2.24, 2.45) is 0 Å². The fourth-order valence-electron chi connectivity index (χ4n) is 2.09. The molecule has 102 valence electrons. The molecule has 19 heavy (non-hydrogen) atoms. The maximum absolute atomic E-state index is 12.6. The third kappa shape index (κ3) is 2.38. The molecule has 1 aliphatic heterocycles. The van der Waals surface area contributed by atoms with Crippen LogP contribution < -0.4 is 5.32 Å². The van der Waals surface area contributed by atoms with E-state index in [-0.39, 0.29) is 11.9 Å². The highest BCUT2D eigenvalue weighted by molar-refractivity contribution is 6.31. The Labute approximate surface area is 117 Å². The minimum Gasteiger partial charge on any atom is -0.306 e. The fraction of sp³-hybridized carbons (Fsp3) is 0.385. The predicted molar refractivity (Wildman–Crippen MR) is 74.2 cm³/mol. The van der Waals surface area contributed by atoms with Gasteiger partial charge in [-0.2, -0.15) is 0 Å².